The number of rotatable bonds is 7. The lowest BCUT2D eigenvalue weighted by atomic mass is 9.97. The van der Waals surface area contributed by atoms with Gasteiger partial charge in [0.2, 0.25) is 17.5 Å². The Morgan fingerprint density at radius 3 is 2.00 bits per heavy atom. The van der Waals surface area contributed by atoms with E-state index in [1.54, 1.807) is 0 Å². The molecule has 43 heavy (non-hydrogen) atoms. The largest absolute Gasteiger partial charge is 0.872 e. The second kappa shape index (κ2) is 12.2. The van der Waals surface area contributed by atoms with Crippen LogP contribution in [0, 0.1) is 0 Å². The molecule has 0 bridgehead atoms. The molecule has 2 saturated heterocycles. The Labute approximate surface area is 241 Å². The molecule has 0 unspecified atom stereocenters. The summed E-state index contributed by atoms with van der Waals surface area (Å²) in [7, 11) is 0. The van der Waals surface area contributed by atoms with Crippen LogP contribution in [0.15, 0.2) is 45.6 Å². The van der Waals surface area contributed by atoms with Crippen molar-refractivity contribution in [2.75, 3.05) is 13.2 Å². The maximum Gasteiger partial charge on any atom is 0.234 e. The van der Waals surface area contributed by atoms with E-state index in [1.165, 1.54) is 24.3 Å². The van der Waals surface area contributed by atoms with Crippen LogP contribution in [0.1, 0.15) is 0 Å². The molecule has 10 atom stereocenters. The molecule has 16 nitrogen and oxygen atoms in total. The molecular weight excluding hydrogens is 580 g/mol. The zero-order valence-electron chi connectivity index (χ0n) is 22.0. The van der Waals surface area contributed by atoms with Gasteiger partial charge in [-0.15, -0.1) is 0 Å². The molecule has 9 N–H and O–H groups in total. The third-order valence-electron chi connectivity index (χ3n) is 7.23. The number of aromatic hydroxyl groups is 2. The van der Waals surface area contributed by atoms with Gasteiger partial charge in [-0.25, -0.2) is 0 Å². The monoisotopic (exact) mass is 609 g/mol. The number of aliphatic hydroxyl groups excluding tert-OH is 7. The van der Waals surface area contributed by atoms with Gasteiger partial charge in [0, 0.05) is 11.6 Å². The van der Waals surface area contributed by atoms with Crippen molar-refractivity contribution in [3.8, 4) is 34.3 Å². The number of phenolic OH excluding ortho intramolecular Hbond substituents is 2. The summed E-state index contributed by atoms with van der Waals surface area (Å²) >= 11 is 0. The van der Waals surface area contributed by atoms with E-state index >= 15 is 0 Å². The second-order valence-corrected chi connectivity index (χ2v) is 10.1. The number of hydrogen-bond acceptors (Lipinski definition) is 16. The molecule has 0 saturated carbocycles. The Kier molecular flexibility index (Phi) is 8.77. The molecular formula is C27H29O16-. The van der Waals surface area contributed by atoms with E-state index in [4.69, 9.17) is 23.4 Å². The van der Waals surface area contributed by atoms with Gasteiger partial charge in [-0.2, -0.15) is 0 Å². The molecule has 0 aliphatic carbocycles. The summed E-state index contributed by atoms with van der Waals surface area (Å²) in [4.78, 5) is 13.7. The van der Waals surface area contributed by atoms with Crippen LogP contribution in [0.5, 0.6) is 23.0 Å². The van der Waals surface area contributed by atoms with Crippen LogP contribution in [0.25, 0.3) is 22.3 Å². The molecule has 0 amide bonds. The predicted octanol–water partition coefficient (Wildman–Crippen LogP) is -3.05. The molecule has 5 rings (SSSR count). The zero-order chi connectivity index (χ0) is 31.2. The van der Waals surface area contributed by atoms with Gasteiger partial charge in [-0.3, -0.25) is 4.79 Å². The summed E-state index contributed by atoms with van der Waals surface area (Å²) in [5.41, 5.74) is -1.22. The highest BCUT2D eigenvalue weighted by molar-refractivity contribution is 5.88. The van der Waals surface area contributed by atoms with E-state index in [1.807, 2.05) is 0 Å². The van der Waals surface area contributed by atoms with Crippen LogP contribution in [-0.2, 0) is 14.2 Å². The summed E-state index contributed by atoms with van der Waals surface area (Å²) in [5.74, 6) is -2.54. The van der Waals surface area contributed by atoms with Gasteiger partial charge in [0.1, 0.15) is 59.8 Å². The highest BCUT2D eigenvalue weighted by atomic mass is 16.8. The number of aliphatic hydroxyl groups is 7. The van der Waals surface area contributed by atoms with Crippen molar-refractivity contribution < 1.29 is 74.4 Å². The lowest BCUT2D eigenvalue weighted by Crippen LogP contribution is -2.65. The molecule has 2 aliphatic rings. The quantitative estimate of drug-likeness (QED) is 0.129. The van der Waals surface area contributed by atoms with Gasteiger partial charge in [0.25, 0.3) is 0 Å². The van der Waals surface area contributed by atoms with E-state index in [0.717, 1.165) is 12.1 Å². The lowest BCUT2D eigenvalue weighted by molar-refractivity contribution is -0.358. The first-order chi connectivity index (χ1) is 20.4. The van der Waals surface area contributed by atoms with Gasteiger partial charge < -0.3 is 74.4 Å². The first-order valence-corrected chi connectivity index (χ1v) is 13.0. The average Bonchev–Trinajstić information content (AvgIpc) is 2.97. The standard InChI is InChI=1S/C27H30O16/c28-7-14-17(33)20(36)22(38)26(40-14)43-25-21(37)18(34)15(8-29)41-27(25)42-24-19(35)16-12(32)5-11(31)6-13(16)39-23(24)9-1-3-10(30)4-2-9/h1-6,14-15,17-18,20-22,25-34,36-38H,7-8H2/p-1/t14-,15-,17-,18+,20+,21+,22-,25-,26+,27+/m1/s1. The third kappa shape index (κ3) is 5.73. The molecule has 3 aromatic rings. The maximum absolute atomic E-state index is 13.7. The maximum atomic E-state index is 13.7. The highest BCUT2D eigenvalue weighted by Crippen LogP contribution is 2.37. The van der Waals surface area contributed by atoms with E-state index in [-0.39, 0.29) is 22.7 Å². The fourth-order valence-corrected chi connectivity index (χ4v) is 4.91. The van der Waals surface area contributed by atoms with E-state index in [9.17, 15) is 55.9 Å². The van der Waals surface area contributed by atoms with Gasteiger partial charge in [0.05, 0.1) is 18.6 Å². The van der Waals surface area contributed by atoms with Gasteiger partial charge in [-0.1, -0.05) is 5.75 Å². The van der Waals surface area contributed by atoms with Crippen molar-refractivity contribution in [3.63, 3.8) is 0 Å². The smallest absolute Gasteiger partial charge is 0.234 e. The molecule has 2 aromatic carbocycles. The summed E-state index contributed by atoms with van der Waals surface area (Å²) in [6.45, 7) is -1.64. The summed E-state index contributed by atoms with van der Waals surface area (Å²) in [6.07, 6.45) is -17.8. The van der Waals surface area contributed by atoms with Crippen LogP contribution < -0.4 is 15.3 Å². The van der Waals surface area contributed by atoms with E-state index in [2.05, 4.69) is 0 Å². The van der Waals surface area contributed by atoms with Gasteiger partial charge in [0.15, 0.2) is 18.2 Å². The predicted molar refractivity (Wildman–Crippen MR) is 138 cm³/mol. The SMILES string of the molecule is O=c1c(O[C@@H]2O[C@H](CO)[C@H](O)[C@H](O)[C@H]2O[C@@H]2O[C@H](CO)[C@@H](O)[C@H](O)[C@H]2O)c(-c2ccc(O)cc2)oc2cc(O)cc([O-])c12. The average molecular weight is 610 g/mol. The van der Waals surface area contributed by atoms with Crippen LogP contribution in [-0.4, -0.2) is 121 Å². The minimum Gasteiger partial charge on any atom is -0.872 e. The molecule has 16 heteroatoms. The summed E-state index contributed by atoms with van der Waals surface area (Å²) in [6, 6.07) is 6.99. The number of benzene rings is 2. The third-order valence-corrected chi connectivity index (χ3v) is 7.23. The van der Waals surface area contributed by atoms with Crippen molar-refractivity contribution >= 4 is 11.0 Å². The molecule has 0 radical (unpaired) electrons. The Bertz CT molecular complexity index is 1490. The molecule has 3 heterocycles. The molecule has 0 spiro atoms. The number of phenols is 2. The van der Waals surface area contributed by atoms with Gasteiger partial charge in [-0.05, 0) is 30.3 Å². The fraction of sp³-hybridized carbons (Fsp3) is 0.444. The summed E-state index contributed by atoms with van der Waals surface area (Å²) in [5, 5.41) is 103. The number of hydrogen-bond donors (Lipinski definition) is 9. The molecule has 2 fully saturated rings. The minimum absolute atomic E-state index is 0.139. The van der Waals surface area contributed by atoms with Crippen LogP contribution in [0.2, 0.25) is 0 Å². The van der Waals surface area contributed by atoms with Crippen molar-refractivity contribution in [2.45, 2.75) is 61.4 Å². The highest BCUT2D eigenvalue weighted by Gasteiger charge is 2.51. The number of fused-ring (bicyclic) bond motifs is 1. The second-order valence-electron chi connectivity index (χ2n) is 10.1. The Morgan fingerprint density at radius 1 is 0.767 bits per heavy atom. The van der Waals surface area contributed by atoms with Crippen molar-refractivity contribution in [2.24, 2.45) is 0 Å². The Balaban J connectivity index is 1.60. The van der Waals surface area contributed by atoms with E-state index in [0.29, 0.717) is 0 Å². The van der Waals surface area contributed by atoms with Crippen LogP contribution in [0.4, 0.5) is 0 Å². The van der Waals surface area contributed by atoms with Gasteiger partial charge >= 0.3 is 0 Å². The first-order valence-electron chi connectivity index (χ1n) is 13.0. The first kappa shape index (κ1) is 30.9. The summed E-state index contributed by atoms with van der Waals surface area (Å²) < 4.78 is 28.2. The molecule has 1 aromatic heterocycles. The molecule has 234 valence electrons. The Hall–Kier alpha value is -3.55. The van der Waals surface area contributed by atoms with E-state index < -0.39 is 103 Å². The zero-order valence-corrected chi connectivity index (χ0v) is 22.0. The molecule has 2 aliphatic heterocycles. The fourth-order valence-electron chi connectivity index (χ4n) is 4.91. The topological polar surface area (TPSA) is 272 Å². The van der Waals surface area contributed by atoms with Crippen LogP contribution in [0.3, 0.4) is 0 Å². The van der Waals surface area contributed by atoms with Crippen LogP contribution >= 0.6 is 0 Å². The van der Waals surface area contributed by atoms with Crippen molar-refractivity contribution in [3.05, 3.63) is 46.6 Å². The normalized spacial score (nSPS) is 33.0. The minimum atomic E-state index is -1.94. The van der Waals surface area contributed by atoms with Crippen molar-refractivity contribution in [1.82, 2.24) is 0 Å². The number of ether oxygens (including phenoxy) is 4. The Morgan fingerprint density at radius 2 is 1.37 bits per heavy atom. The van der Waals surface area contributed by atoms with Crippen molar-refractivity contribution in [1.29, 1.82) is 0 Å². The lowest BCUT2D eigenvalue weighted by Gasteiger charge is -2.45.